The molecule has 0 bridgehead atoms. The van der Waals surface area contributed by atoms with Crippen LogP contribution in [0.15, 0.2) is 4.79 Å². The number of esters is 1. The summed E-state index contributed by atoms with van der Waals surface area (Å²) in [7, 11) is 1.48. The molecule has 1 aliphatic rings. The van der Waals surface area contributed by atoms with Gasteiger partial charge in [0.15, 0.2) is 17.7 Å². The number of ether oxygens (including phenoxy) is 1. The molecule has 3 N–H and O–H groups in total. The standard InChI is InChI=1S/C16H18F3N7O3/c1-3-4-6-26-10-11(24(2)15(26)28)22-14(20)23-12(10)25-7-5-21-8-9(25)29-13(27)16(17,18)19/h9,21H,5-8H2,1-2H3,(H2,20,22,23). The Labute approximate surface area is 162 Å². The van der Waals surface area contributed by atoms with Gasteiger partial charge in [0.2, 0.25) is 5.95 Å². The lowest BCUT2D eigenvalue weighted by Gasteiger charge is -2.36. The Morgan fingerprint density at radius 1 is 1.41 bits per heavy atom. The summed E-state index contributed by atoms with van der Waals surface area (Å²) in [6.45, 7) is 2.10. The van der Waals surface area contributed by atoms with Gasteiger partial charge >= 0.3 is 17.8 Å². The molecular weight excluding hydrogens is 395 g/mol. The van der Waals surface area contributed by atoms with Crippen LogP contribution < -0.4 is 21.6 Å². The molecule has 0 spiro atoms. The summed E-state index contributed by atoms with van der Waals surface area (Å²) in [5.41, 5.74) is 5.76. The number of hydrogen-bond acceptors (Lipinski definition) is 8. The Morgan fingerprint density at radius 3 is 2.79 bits per heavy atom. The average Bonchev–Trinajstić information content (AvgIpc) is 2.90. The van der Waals surface area contributed by atoms with E-state index >= 15 is 0 Å². The fourth-order valence-electron chi connectivity index (χ4n) is 3.01. The maximum atomic E-state index is 12.7. The molecule has 0 amide bonds. The molecule has 0 saturated carbocycles. The van der Waals surface area contributed by atoms with Crippen LogP contribution in [0.2, 0.25) is 0 Å². The molecule has 1 unspecified atom stereocenters. The predicted octanol–water partition coefficient (Wildman–Crippen LogP) is -0.423. The van der Waals surface area contributed by atoms with E-state index in [4.69, 9.17) is 5.73 Å². The molecule has 3 heterocycles. The maximum Gasteiger partial charge on any atom is 0.491 e. The van der Waals surface area contributed by atoms with Gasteiger partial charge in [-0.05, 0) is 6.92 Å². The first-order chi connectivity index (χ1) is 13.6. The van der Waals surface area contributed by atoms with Gasteiger partial charge in [-0.15, -0.1) is 5.92 Å². The molecule has 0 aliphatic carbocycles. The van der Waals surface area contributed by atoms with Crippen LogP contribution in [0, 0.1) is 11.8 Å². The fraction of sp³-hybridized carbons (Fsp3) is 0.500. The van der Waals surface area contributed by atoms with Crippen molar-refractivity contribution in [2.24, 2.45) is 7.05 Å². The van der Waals surface area contributed by atoms with Crippen molar-refractivity contribution in [2.75, 3.05) is 30.3 Å². The number of alkyl halides is 3. The summed E-state index contributed by atoms with van der Waals surface area (Å²) in [6, 6.07) is 0. The number of fused-ring (bicyclic) bond motifs is 1. The highest BCUT2D eigenvalue weighted by atomic mass is 19.4. The first kappa shape index (κ1) is 20.5. The minimum Gasteiger partial charge on any atom is -0.433 e. The Hall–Kier alpha value is -3.27. The van der Waals surface area contributed by atoms with E-state index in [1.807, 2.05) is 0 Å². The molecule has 29 heavy (non-hydrogen) atoms. The van der Waals surface area contributed by atoms with Gasteiger partial charge in [0, 0.05) is 20.1 Å². The molecule has 3 rings (SSSR count). The third kappa shape index (κ3) is 3.83. The van der Waals surface area contributed by atoms with Crippen LogP contribution in [0.3, 0.4) is 0 Å². The van der Waals surface area contributed by atoms with Gasteiger partial charge in [-0.25, -0.2) is 9.59 Å². The van der Waals surface area contributed by atoms with Crippen LogP contribution in [0.1, 0.15) is 6.92 Å². The van der Waals surface area contributed by atoms with Gasteiger partial charge in [0.1, 0.15) is 5.52 Å². The number of piperazine rings is 1. The number of nitrogens with two attached hydrogens (primary N) is 1. The summed E-state index contributed by atoms with van der Waals surface area (Å²) in [6.07, 6.45) is -6.45. The van der Waals surface area contributed by atoms with Crippen LogP contribution in [-0.2, 0) is 23.1 Å². The molecule has 2 aromatic heterocycles. The molecule has 1 atom stereocenters. The Morgan fingerprint density at radius 2 is 2.14 bits per heavy atom. The number of nitrogen functional groups attached to an aromatic ring is 1. The van der Waals surface area contributed by atoms with Crippen molar-refractivity contribution in [2.45, 2.75) is 25.9 Å². The number of hydrogen-bond donors (Lipinski definition) is 2. The van der Waals surface area contributed by atoms with Crippen LogP contribution in [0.4, 0.5) is 24.9 Å². The second-order valence-electron chi connectivity index (χ2n) is 6.19. The number of anilines is 2. The predicted molar refractivity (Wildman–Crippen MR) is 96.8 cm³/mol. The number of nitrogens with one attached hydrogen (secondary N) is 1. The molecule has 10 nitrogen and oxygen atoms in total. The molecule has 2 aromatic rings. The number of halogens is 3. The van der Waals surface area contributed by atoms with Gasteiger partial charge in [0.25, 0.3) is 0 Å². The Kier molecular flexibility index (Phi) is 5.38. The number of aromatic nitrogens is 4. The zero-order valence-electron chi connectivity index (χ0n) is 15.6. The topological polar surface area (TPSA) is 120 Å². The monoisotopic (exact) mass is 413 g/mol. The molecule has 156 valence electrons. The highest BCUT2D eigenvalue weighted by Gasteiger charge is 2.44. The summed E-state index contributed by atoms with van der Waals surface area (Å²) in [5, 5.41) is 2.86. The average molecular weight is 413 g/mol. The van der Waals surface area contributed by atoms with Crippen molar-refractivity contribution < 1.29 is 22.7 Å². The van der Waals surface area contributed by atoms with Crippen LogP contribution in [-0.4, -0.2) is 57.1 Å². The third-order valence-corrected chi connectivity index (χ3v) is 4.33. The SMILES string of the molecule is CC#CCn1c(=O)n(C)c2nc(N)nc(N3CCNCC3OC(=O)C(F)(F)F)c21. The van der Waals surface area contributed by atoms with Crippen LogP contribution >= 0.6 is 0 Å². The van der Waals surface area contributed by atoms with Crippen molar-refractivity contribution in [3.8, 4) is 11.8 Å². The van der Waals surface area contributed by atoms with Crippen molar-refractivity contribution in [1.29, 1.82) is 0 Å². The number of carbonyl (C=O) groups excluding carboxylic acids is 1. The largest absolute Gasteiger partial charge is 0.491 e. The van der Waals surface area contributed by atoms with Gasteiger partial charge in [0.05, 0.1) is 13.1 Å². The van der Waals surface area contributed by atoms with E-state index in [1.54, 1.807) is 6.92 Å². The first-order valence-electron chi connectivity index (χ1n) is 8.52. The van der Waals surface area contributed by atoms with Crippen molar-refractivity contribution >= 4 is 28.9 Å². The molecule has 13 heteroatoms. The molecule has 1 fully saturated rings. The van der Waals surface area contributed by atoms with Crippen molar-refractivity contribution in [1.82, 2.24) is 24.4 Å². The van der Waals surface area contributed by atoms with Crippen molar-refractivity contribution in [3.63, 3.8) is 0 Å². The smallest absolute Gasteiger partial charge is 0.433 e. The van der Waals surface area contributed by atoms with E-state index in [0.29, 0.717) is 6.54 Å². The minimum absolute atomic E-state index is 0.0199. The van der Waals surface area contributed by atoms with E-state index in [-0.39, 0.29) is 42.6 Å². The van der Waals surface area contributed by atoms with Crippen LogP contribution in [0.25, 0.3) is 11.2 Å². The maximum absolute atomic E-state index is 12.7. The highest BCUT2D eigenvalue weighted by molar-refractivity contribution is 5.86. The van der Waals surface area contributed by atoms with Gasteiger partial charge in [-0.2, -0.15) is 23.1 Å². The lowest BCUT2D eigenvalue weighted by atomic mass is 10.3. The molecule has 0 aromatic carbocycles. The Bertz CT molecular complexity index is 1060. The quantitative estimate of drug-likeness (QED) is 0.514. The summed E-state index contributed by atoms with van der Waals surface area (Å²) in [5.74, 6) is 3.03. The molecular formula is C16H18F3N7O3. The second kappa shape index (κ2) is 7.63. The first-order valence-corrected chi connectivity index (χ1v) is 8.52. The minimum atomic E-state index is -5.14. The zero-order valence-corrected chi connectivity index (χ0v) is 15.6. The second-order valence-corrected chi connectivity index (χ2v) is 6.19. The van der Waals surface area contributed by atoms with E-state index < -0.39 is 24.1 Å². The molecule has 1 aliphatic heterocycles. The van der Waals surface area contributed by atoms with Gasteiger partial charge in [-0.3, -0.25) is 9.13 Å². The highest BCUT2D eigenvalue weighted by Crippen LogP contribution is 2.28. The van der Waals surface area contributed by atoms with E-state index in [1.165, 1.54) is 21.1 Å². The lowest BCUT2D eigenvalue weighted by molar-refractivity contribution is -0.205. The van der Waals surface area contributed by atoms with Gasteiger partial charge < -0.3 is 20.7 Å². The lowest BCUT2D eigenvalue weighted by Crippen LogP contribution is -2.54. The normalized spacial score (nSPS) is 17.1. The summed E-state index contributed by atoms with van der Waals surface area (Å²) < 4.78 is 45.2. The van der Waals surface area contributed by atoms with Crippen molar-refractivity contribution in [3.05, 3.63) is 10.5 Å². The van der Waals surface area contributed by atoms with E-state index in [2.05, 4.69) is 31.9 Å². The zero-order chi connectivity index (χ0) is 21.3. The number of rotatable bonds is 3. The third-order valence-electron chi connectivity index (χ3n) is 4.33. The number of carbonyl (C=O) groups is 1. The number of nitrogens with zero attached hydrogens (tertiary/aromatic N) is 5. The van der Waals surface area contributed by atoms with E-state index in [0.717, 1.165) is 0 Å². The van der Waals surface area contributed by atoms with E-state index in [9.17, 15) is 22.8 Å². The fourth-order valence-corrected chi connectivity index (χ4v) is 3.01. The molecule has 0 radical (unpaired) electrons. The van der Waals surface area contributed by atoms with Gasteiger partial charge in [-0.1, -0.05) is 5.92 Å². The summed E-state index contributed by atoms with van der Waals surface area (Å²) >= 11 is 0. The molecule has 1 saturated heterocycles. The van der Waals surface area contributed by atoms with Crippen LogP contribution in [0.5, 0.6) is 0 Å². The number of imidazole rings is 1. The summed E-state index contributed by atoms with van der Waals surface area (Å²) in [4.78, 5) is 33.6. The Balaban J connectivity index is 2.15. The number of aryl methyl sites for hydroxylation is 1.